The third-order valence-corrected chi connectivity index (χ3v) is 4.29. The zero-order valence-corrected chi connectivity index (χ0v) is 9.19. The molecule has 0 aromatic rings. The van der Waals surface area contributed by atoms with Crippen LogP contribution in [0.15, 0.2) is 0 Å². The predicted molar refractivity (Wildman–Crippen MR) is 58.0 cm³/mol. The molecule has 2 saturated carbocycles. The molecule has 2 saturated heterocycles. The highest BCUT2D eigenvalue weighted by atomic mass is 15.0. The minimum Gasteiger partial charge on any atom is -0.301 e. The van der Waals surface area contributed by atoms with E-state index in [1.54, 1.807) is 0 Å². The largest absolute Gasteiger partial charge is 0.301 e. The van der Waals surface area contributed by atoms with E-state index >= 15 is 0 Å². The monoisotopic (exact) mass is 216 g/mol. The molecule has 0 amide bonds. The van der Waals surface area contributed by atoms with Crippen molar-refractivity contribution in [3.63, 3.8) is 0 Å². The molecule has 84 valence electrons. The molecular weight excluding hydrogens is 200 g/mol. The van der Waals surface area contributed by atoms with E-state index in [1.807, 2.05) is 0 Å². The van der Waals surface area contributed by atoms with Gasteiger partial charge in [-0.05, 0) is 49.6 Å². The molecule has 0 aromatic heterocycles. The van der Waals surface area contributed by atoms with Crippen molar-refractivity contribution in [2.45, 2.75) is 24.9 Å². The van der Waals surface area contributed by atoms with Crippen LogP contribution < -0.4 is 10.6 Å². The maximum atomic E-state index is 8.45. The van der Waals surface area contributed by atoms with Crippen molar-refractivity contribution in [3.05, 3.63) is 0 Å². The van der Waals surface area contributed by atoms with Gasteiger partial charge in [-0.1, -0.05) is 0 Å². The van der Waals surface area contributed by atoms with E-state index < -0.39 is 0 Å². The number of piperidine rings is 2. The molecule has 2 aliphatic heterocycles. The third kappa shape index (κ3) is 1.69. The summed E-state index contributed by atoms with van der Waals surface area (Å²) in [7, 11) is 0. The summed E-state index contributed by atoms with van der Waals surface area (Å²) in [6, 6.07) is 4.88. The van der Waals surface area contributed by atoms with E-state index in [1.165, 1.54) is 12.8 Å². The fourth-order valence-electron chi connectivity index (χ4n) is 2.97. The fraction of sp³-hybridized carbons (Fsp3) is 0.833. The van der Waals surface area contributed by atoms with E-state index in [-0.39, 0.29) is 12.1 Å². The van der Waals surface area contributed by atoms with Gasteiger partial charge in [-0.25, -0.2) is 0 Å². The van der Waals surface area contributed by atoms with E-state index in [0.717, 1.165) is 36.8 Å². The quantitative estimate of drug-likeness (QED) is 0.608. The van der Waals surface area contributed by atoms with E-state index in [0.29, 0.717) is 0 Å². The summed E-state index contributed by atoms with van der Waals surface area (Å²) >= 11 is 0. The van der Waals surface area contributed by atoms with Gasteiger partial charge >= 0.3 is 0 Å². The zero-order chi connectivity index (χ0) is 11.1. The van der Waals surface area contributed by atoms with Crippen LogP contribution in [0.1, 0.15) is 12.8 Å². The van der Waals surface area contributed by atoms with Gasteiger partial charge in [0, 0.05) is 0 Å². The topological polar surface area (TPSA) is 71.6 Å². The Morgan fingerprint density at radius 2 is 1.25 bits per heavy atom. The van der Waals surface area contributed by atoms with Gasteiger partial charge in [-0.3, -0.25) is 0 Å². The van der Waals surface area contributed by atoms with Crippen molar-refractivity contribution in [2.75, 3.05) is 13.1 Å². The zero-order valence-electron chi connectivity index (χ0n) is 9.19. The number of hydrogen-bond acceptors (Lipinski definition) is 4. The summed E-state index contributed by atoms with van der Waals surface area (Å²) in [5.41, 5.74) is 0. The van der Waals surface area contributed by atoms with E-state index in [2.05, 4.69) is 22.8 Å². The standard InChI is InChI=1S/2C6H8N2/c2*7-2-6-5-1-4(5)3-8-6/h2*4-6,8H,1,3H2. The molecule has 0 radical (unpaired) electrons. The summed E-state index contributed by atoms with van der Waals surface area (Å²) in [4.78, 5) is 0. The molecule has 2 heterocycles. The summed E-state index contributed by atoms with van der Waals surface area (Å²) in [5, 5.41) is 23.2. The molecule has 4 nitrogen and oxygen atoms in total. The number of nitriles is 2. The van der Waals surface area contributed by atoms with Crippen LogP contribution in [0, 0.1) is 46.3 Å². The third-order valence-electron chi connectivity index (χ3n) is 4.29. The molecule has 4 aliphatic rings. The molecular formula is C12H16N4. The Morgan fingerprint density at radius 1 is 0.812 bits per heavy atom. The van der Waals surface area contributed by atoms with Gasteiger partial charge in [-0.2, -0.15) is 10.5 Å². The van der Waals surface area contributed by atoms with Gasteiger partial charge in [0.1, 0.15) is 0 Å². The minimum atomic E-state index is 0.194. The molecule has 4 heteroatoms. The molecule has 0 aromatic carbocycles. The second kappa shape index (κ2) is 3.73. The van der Waals surface area contributed by atoms with Crippen LogP contribution in [0.3, 0.4) is 0 Å². The lowest BCUT2D eigenvalue weighted by Crippen LogP contribution is -2.23. The normalized spacial score (nSPS) is 50.1. The van der Waals surface area contributed by atoms with Gasteiger partial charge in [0.2, 0.25) is 0 Å². The second-order valence-corrected chi connectivity index (χ2v) is 5.35. The number of hydrogen-bond donors (Lipinski definition) is 2. The van der Waals surface area contributed by atoms with E-state index in [9.17, 15) is 0 Å². The average molecular weight is 216 g/mol. The Labute approximate surface area is 95.6 Å². The lowest BCUT2D eigenvalue weighted by Gasteiger charge is -1.98. The maximum absolute atomic E-state index is 8.45. The highest BCUT2D eigenvalue weighted by Crippen LogP contribution is 2.45. The van der Waals surface area contributed by atoms with Crippen LogP contribution >= 0.6 is 0 Å². The fourth-order valence-corrected chi connectivity index (χ4v) is 2.97. The second-order valence-electron chi connectivity index (χ2n) is 5.35. The molecule has 6 unspecified atom stereocenters. The van der Waals surface area contributed by atoms with Gasteiger partial charge in [0.15, 0.2) is 0 Å². The molecule has 0 spiro atoms. The first-order valence-corrected chi connectivity index (χ1v) is 6.09. The number of rotatable bonds is 0. The Bertz CT molecular complexity index is 330. The number of nitrogens with one attached hydrogen (secondary N) is 2. The molecule has 0 bridgehead atoms. The Morgan fingerprint density at radius 3 is 1.38 bits per heavy atom. The first-order chi connectivity index (χ1) is 7.83. The van der Waals surface area contributed by atoms with E-state index in [4.69, 9.17) is 10.5 Å². The molecule has 4 rings (SSSR count). The van der Waals surface area contributed by atoms with Crippen LogP contribution in [0.5, 0.6) is 0 Å². The van der Waals surface area contributed by atoms with Crippen molar-refractivity contribution >= 4 is 0 Å². The lowest BCUT2D eigenvalue weighted by atomic mass is 10.2. The van der Waals surface area contributed by atoms with Crippen molar-refractivity contribution in [1.29, 1.82) is 10.5 Å². The van der Waals surface area contributed by atoms with Crippen LogP contribution in [-0.4, -0.2) is 25.2 Å². The van der Waals surface area contributed by atoms with Crippen LogP contribution in [0.2, 0.25) is 0 Å². The molecule has 6 atom stereocenters. The van der Waals surface area contributed by atoms with Crippen LogP contribution in [0.4, 0.5) is 0 Å². The summed E-state index contributed by atoms with van der Waals surface area (Å²) in [6.45, 7) is 2.17. The minimum absolute atomic E-state index is 0.194. The Kier molecular flexibility index (Phi) is 2.35. The van der Waals surface area contributed by atoms with Crippen LogP contribution in [0.25, 0.3) is 0 Å². The number of fused-ring (bicyclic) bond motifs is 2. The summed E-state index contributed by atoms with van der Waals surface area (Å²) < 4.78 is 0. The predicted octanol–water partition coefficient (Wildman–Crippen LogP) is 0.236. The van der Waals surface area contributed by atoms with Crippen LogP contribution in [-0.2, 0) is 0 Å². The molecule has 16 heavy (non-hydrogen) atoms. The highest BCUT2D eigenvalue weighted by Gasteiger charge is 2.48. The molecule has 4 fully saturated rings. The van der Waals surface area contributed by atoms with Gasteiger partial charge in [0.25, 0.3) is 0 Å². The average Bonchev–Trinajstić information content (AvgIpc) is 3.21. The lowest BCUT2D eigenvalue weighted by molar-refractivity contribution is 0.640. The van der Waals surface area contributed by atoms with Gasteiger partial charge in [0.05, 0.1) is 24.2 Å². The molecule has 2 aliphatic carbocycles. The Balaban J connectivity index is 0.000000101. The summed E-state index contributed by atoms with van der Waals surface area (Å²) in [5.74, 6) is 3.17. The smallest absolute Gasteiger partial charge is 0.0984 e. The first-order valence-electron chi connectivity index (χ1n) is 6.09. The van der Waals surface area contributed by atoms with Crippen molar-refractivity contribution in [3.8, 4) is 12.1 Å². The van der Waals surface area contributed by atoms with Crippen molar-refractivity contribution in [2.24, 2.45) is 23.7 Å². The SMILES string of the molecule is N#CC1NCC2CC21.N#CC1NCC2CC21. The first kappa shape index (κ1) is 10.1. The molecule has 2 N–H and O–H groups in total. The van der Waals surface area contributed by atoms with Crippen molar-refractivity contribution in [1.82, 2.24) is 10.6 Å². The van der Waals surface area contributed by atoms with Crippen molar-refractivity contribution < 1.29 is 0 Å². The van der Waals surface area contributed by atoms with Gasteiger partial charge < -0.3 is 10.6 Å². The summed E-state index contributed by atoms with van der Waals surface area (Å²) in [6.07, 6.45) is 2.59. The Hall–Kier alpha value is -1.10. The highest BCUT2D eigenvalue weighted by molar-refractivity contribution is 5.11. The number of nitrogens with zero attached hydrogens (tertiary/aromatic N) is 2. The maximum Gasteiger partial charge on any atom is 0.0984 e. The van der Waals surface area contributed by atoms with Gasteiger partial charge in [-0.15, -0.1) is 0 Å².